The summed E-state index contributed by atoms with van der Waals surface area (Å²) >= 11 is 0. The quantitative estimate of drug-likeness (QED) is 0.318. The molecule has 1 unspecified atom stereocenters. The summed E-state index contributed by atoms with van der Waals surface area (Å²) in [6.07, 6.45) is 3.74. The van der Waals surface area contributed by atoms with Crippen LogP contribution < -0.4 is 10.6 Å². The predicted octanol–water partition coefficient (Wildman–Crippen LogP) is 6.37. The van der Waals surface area contributed by atoms with Crippen LogP contribution in [-0.4, -0.2) is 45.7 Å². The summed E-state index contributed by atoms with van der Waals surface area (Å²) in [4.78, 5) is 37.7. The van der Waals surface area contributed by atoms with E-state index in [2.05, 4.69) is 22.1 Å². The van der Waals surface area contributed by atoms with Crippen LogP contribution >= 0.6 is 0 Å². The molecular formula is C32H40F3N3O4. The van der Waals surface area contributed by atoms with Crippen LogP contribution in [0.5, 0.6) is 0 Å². The van der Waals surface area contributed by atoms with E-state index >= 15 is 0 Å². The van der Waals surface area contributed by atoms with E-state index in [9.17, 15) is 32.7 Å². The van der Waals surface area contributed by atoms with Crippen LogP contribution in [0, 0.1) is 18.8 Å². The Labute approximate surface area is 244 Å². The first-order valence-corrected chi connectivity index (χ1v) is 15.0. The van der Waals surface area contributed by atoms with Crippen molar-refractivity contribution in [2.45, 2.75) is 109 Å². The number of alkyl halides is 3. The van der Waals surface area contributed by atoms with Crippen molar-refractivity contribution in [3.63, 3.8) is 0 Å². The van der Waals surface area contributed by atoms with E-state index in [1.807, 2.05) is 19.1 Å². The summed E-state index contributed by atoms with van der Waals surface area (Å²) in [6.45, 7) is 5.61. The molecule has 0 spiro atoms. The number of nitrogens with one attached hydrogen (secondary N) is 2. The van der Waals surface area contributed by atoms with E-state index in [0.29, 0.717) is 36.4 Å². The second-order valence-corrected chi connectivity index (χ2v) is 12.9. The summed E-state index contributed by atoms with van der Waals surface area (Å²) in [7, 11) is 0. The third kappa shape index (κ3) is 6.37. The maximum atomic E-state index is 13.4. The Bertz CT molecular complexity index is 1370. The normalized spacial score (nSPS) is 22.6. The van der Waals surface area contributed by atoms with Gasteiger partial charge in [-0.15, -0.1) is 0 Å². The summed E-state index contributed by atoms with van der Waals surface area (Å²) in [6, 6.07) is 4.95. The van der Waals surface area contributed by atoms with Gasteiger partial charge in [0.2, 0.25) is 0 Å². The van der Waals surface area contributed by atoms with Gasteiger partial charge in [-0.05, 0) is 99.1 Å². The Morgan fingerprint density at radius 3 is 2.31 bits per heavy atom. The minimum Gasteiger partial charge on any atom is -0.481 e. The number of rotatable bonds is 9. The van der Waals surface area contributed by atoms with E-state index in [-0.39, 0.29) is 22.9 Å². The Hall–Kier alpha value is -3.30. The molecular weight excluding hydrogens is 547 g/mol. The van der Waals surface area contributed by atoms with Crippen molar-refractivity contribution in [3.05, 3.63) is 46.6 Å². The van der Waals surface area contributed by atoms with Crippen LogP contribution in [0.1, 0.15) is 104 Å². The smallest absolute Gasteiger partial charge is 0.408 e. The first-order valence-electron chi connectivity index (χ1n) is 15.0. The SMILES string of the molecule is Cc1c(C(=O)N[C@H]2C[C@H](C(=O)O)C2)cc(-c2cc(C(=O)NC(C)C(F)(F)F)cc(C3(C)CC3)c2)n1CC1CCCCC1. The van der Waals surface area contributed by atoms with Gasteiger partial charge in [-0.2, -0.15) is 13.2 Å². The first-order chi connectivity index (χ1) is 19.7. The van der Waals surface area contributed by atoms with E-state index in [1.54, 1.807) is 12.1 Å². The molecule has 1 atom stereocenters. The van der Waals surface area contributed by atoms with Gasteiger partial charge in [-0.3, -0.25) is 14.4 Å². The number of aliphatic carboxylic acids is 1. The molecule has 3 aliphatic carbocycles. The van der Waals surface area contributed by atoms with Crippen LogP contribution in [0.25, 0.3) is 11.3 Å². The molecule has 5 rings (SSSR count). The fourth-order valence-electron chi connectivity index (χ4n) is 6.27. The molecule has 3 N–H and O–H groups in total. The minimum atomic E-state index is -4.56. The number of hydrogen-bond donors (Lipinski definition) is 3. The highest BCUT2D eigenvalue weighted by Crippen LogP contribution is 2.49. The average Bonchev–Trinajstić information content (AvgIpc) is 3.59. The van der Waals surface area contributed by atoms with Crippen LogP contribution in [-0.2, 0) is 16.8 Å². The van der Waals surface area contributed by atoms with Crippen molar-refractivity contribution < 1.29 is 32.7 Å². The second-order valence-electron chi connectivity index (χ2n) is 12.9. The number of halogens is 3. The number of hydrogen-bond acceptors (Lipinski definition) is 3. The minimum absolute atomic E-state index is 0.151. The molecule has 1 aromatic heterocycles. The summed E-state index contributed by atoms with van der Waals surface area (Å²) in [5.74, 6) is -1.93. The zero-order chi connectivity index (χ0) is 30.4. The van der Waals surface area contributed by atoms with Gasteiger partial charge in [0.15, 0.2) is 0 Å². The number of benzene rings is 1. The highest BCUT2D eigenvalue weighted by atomic mass is 19.4. The molecule has 2 amide bonds. The molecule has 0 aliphatic heterocycles. The third-order valence-corrected chi connectivity index (χ3v) is 9.63. The van der Waals surface area contributed by atoms with Crippen molar-refractivity contribution in [2.24, 2.45) is 11.8 Å². The Kier molecular flexibility index (Phi) is 8.20. The predicted molar refractivity (Wildman–Crippen MR) is 152 cm³/mol. The van der Waals surface area contributed by atoms with Gasteiger partial charge in [0.25, 0.3) is 11.8 Å². The highest BCUT2D eigenvalue weighted by Gasteiger charge is 2.41. The van der Waals surface area contributed by atoms with Gasteiger partial charge in [-0.25, -0.2) is 0 Å². The van der Waals surface area contributed by atoms with Gasteiger partial charge in [-0.1, -0.05) is 26.2 Å². The molecule has 0 bridgehead atoms. The molecule has 0 radical (unpaired) electrons. The molecule has 1 heterocycles. The molecule has 3 fully saturated rings. The van der Waals surface area contributed by atoms with Crippen LogP contribution in [0.15, 0.2) is 24.3 Å². The molecule has 42 heavy (non-hydrogen) atoms. The van der Waals surface area contributed by atoms with Crippen LogP contribution in [0.4, 0.5) is 13.2 Å². The monoisotopic (exact) mass is 587 g/mol. The second kappa shape index (κ2) is 11.4. The lowest BCUT2D eigenvalue weighted by atomic mass is 9.80. The molecule has 10 heteroatoms. The highest BCUT2D eigenvalue weighted by molar-refractivity contribution is 5.98. The van der Waals surface area contributed by atoms with Crippen molar-refractivity contribution in [1.29, 1.82) is 0 Å². The number of carboxylic acid groups (broad SMARTS) is 1. The van der Waals surface area contributed by atoms with E-state index in [1.165, 1.54) is 6.42 Å². The van der Waals surface area contributed by atoms with E-state index < -0.39 is 30.0 Å². The molecule has 0 saturated heterocycles. The molecule has 3 aliphatic rings. The topological polar surface area (TPSA) is 100 Å². The standard InChI is InChI=1S/C32H40F3N3O4/c1-18-26(29(40)37-25-14-23(15-25)30(41)42)16-27(38(18)17-20-7-5-4-6-8-20)21-11-22(13-24(12-21)31(3)9-10-31)28(39)36-19(2)32(33,34)35/h11-13,16,19-20,23,25H,4-10,14-15,17H2,1-3H3,(H,36,39)(H,37,40)(H,41,42)/t19?,23-,25-. The number of aromatic nitrogens is 1. The fraction of sp³-hybridized carbons (Fsp3) is 0.594. The maximum absolute atomic E-state index is 13.4. The molecule has 1 aromatic carbocycles. The lowest BCUT2D eigenvalue weighted by molar-refractivity contribution is -0.149. The number of nitrogens with zero attached hydrogens (tertiary/aromatic N) is 1. The molecule has 2 aromatic rings. The lowest BCUT2D eigenvalue weighted by Crippen LogP contribution is -2.46. The summed E-state index contributed by atoms with van der Waals surface area (Å²) < 4.78 is 41.9. The Balaban J connectivity index is 1.52. The maximum Gasteiger partial charge on any atom is 0.408 e. The Morgan fingerprint density at radius 2 is 1.71 bits per heavy atom. The van der Waals surface area contributed by atoms with Crippen molar-refractivity contribution in [1.82, 2.24) is 15.2 Å². The van der Waals surface area contributed by atoms with Gasteiger partial charge in [0.05, 0.1) is 11.5 Å². The zero-order valence-corrected chi connectivity index (χ0v) is 24.4. The van der Waals surface area contributed by atoms with Crippen LogP contribution in [0.3, 0.4) is 0 Å². The van der Waals surface area contributed by atoms with Crippen LogP contribution in [0.2, 0.25) is 0 Å². The average molecular weight is 588 g/mol. The number of carbonyl (C=O) groups is 3. The zero-order valence-electron chi connectivity index (χ0n) is 24.4. The number of carboxylic acids is 1. The molecule has 3 saturated carbocycles. The van der Waals surface area contributed by atoms with Crippen molar-refractivity contribution in [3.8, 4) is 11.3 Å². The number of amides is 2. The van der Waals surface area contributed by atoms with Gasteiger partial charge < -0.3 is 20.3 Å². The lowest BCUT2D eigenvalue weighted by Gasteiger charge is -2.32. The molecule has 7 nitrogen and oxygen atoms in total. The third-order valence-electron chi connectivity index (χ3n) is 9.63. The van der Waals surface area contributed by atoms with Gasteiger partial charge in [0.1, 0.15) is 6.04 Å². The largest absolute Gasteiger partial charge is 0.481 e. The van der Waals surface area contributed by atoms with E-state index in [0.717, 1.165) is 62.4 Å². The summed E-state index contributed by atoms with van der Waals surface area (Å²) in [5.41, 5.74) is 3.62. The molecule has 228 valence electrons. The summed E-state index contributed by atoms with van der Waals surface area (Å²) in [5, 5.41) is 14.3. The van der Waals surface area contributed by atoms with Gasteiger partial charge in [0, 0.05) is 29.5 Å². The number of carbonyl (C=O) groups excluding carboxylic acids is 2. The van der Waals surface area contributed by atoms with Gasteiger partial charge >= 0.3 is 12.1 Å². The van der Waals surface area contributed by atoms with Crippen molar-refractivity contribution >= 4 is 17.8 Å². The van der Waals surface area contributed by atoms with Crippen molar-refractivity contribution in [2.75, 3.05) is 0 Å². The first kappa shape index (κ1) is 30.2. The fourth-order valence-corrected chi connectivity index (χ4v) is 6.27. The Morgan fingerprint density at radius 1 is 1.05 bits per heavy atom. The van der Waals surface area contributed by atoms with E-state index in [4.69, 9.17) is 0 Å².